The van der Waals surface area contributed by atoms with Crippen LogP contribution in [-0.2, 0) is 0 Å². The molecule has 0 unspecified atom stereocenters. The number of nitro benzene ring substituents is 1. The molecule has 1 aromatic carbocycles. The minimum absolute atomic E-state index is 0.209. The first kappa shape index (κ1) is 13.0. The highest BCUT2D eigenvalue weighted by Gasteiger charge is 2.26. The Balaban J connectivity index is 3.71. The van der Waals surface area contributed by atoms with Gasteiger partial charge in [0.2, 0.25) is 5.75 Å². The number of nitrogens with zero attached hydrogens (tertiary/aromatic N) is 1. The maximum atomic E-state index is 10.9. The first-order valence-electron chi connectivity index (χ1n) is 4.24. The first-order chi connectivity index (χ1) is 7.93. The number of rotatable bonds is 4. The molecule has 0 heterocycles. The smallest absolute Gasteiger partial charge is 0.313 e. The van der Waals surface area contributed by atoms with E-state index in [2.05, 4.69) is 0 Å². The molecular weight excluding hydrogens is 254 g/mol. The molecule has 17 heavy (non-hydrogen) atoms. The highest BCUT2D eigenvalue weighted by molar-refractivity contribution is 6.33. The largest absolute Gasteiger partial charge is 0.545 e. The topological polar surface area (TPSA) is 102 Å². The van der Waals surface area contributed by atoms with Crippen LogP contribution in [0.3, 0.4) is 0 Å². The van der Waals surface area contributed by atoms with Gasteiger partial charge in [-0.1, -0.05) is 11.6 Å². The molecule has 0 saturated carbocycles. The number of carbonyl (C=O) groups is 1. The van der Waals surface area contributed by atoms with Crippen molar-refractivity contribution in [1.29, 1.82) is 0 Å². The van der Waals surface area contributed by atoms with Crippen molar-refractivity contribution < 1.29 is 24.3 Å². The molecule has 0 fully saturated rings. The van der Waals surface area contributed by atoms with Gasteiger partial charge in [0.05, 0.1) is 35.7 Å². The van der Waals surface area contributed by atoms with Crippen LogP contribution in [0, 0.1) is 10.1 Å². The zero-order valence-electron chi connectivity index (χ0n) is 8.85. The number of benzene rings is 1. The Hall–Kier alpha value is -2.02. The van der Waals surface area contributed by atoms with E-state index >= 15 is 0 Å². The maximum absolute atomic E-state index is 10.9. The molecule has 0 atom stereocenters. The van der Waals surface area contributed by atoms with Gasteiger partial charge in [0.15, 0.2) is 5.75 Å². The van der Waals surface area contributed by atoms with Crippen molar-refractivity contribution in [2.75, 3.05) is 14.2 Å². The Labute approximate surface area is 101 Å². The lowest BCUT2D eigenvalue weighted by molar-refractivity contribution is -0.385. The molecular formula is C9H7ClNO6-. The van der Waals surface area contributed by atoms with E-state index in [1.807, 2.05) is 0 Å². The fourth-order valence-electron chi connectivity index (χ4n) is 1.33. The van der Waals surface area contributed by atoms with Gasteiger partial charge in [-0.05, 0) is 0 Å². The normalized spacial score (nSPS) is 9.82. The van der Waals surface area contributed by atoms with Crippen LogP contribution >= 0.6 is 11.6 Å². The van der Waals surface area contributed by atoms with Crippen LogP contribution in [0.4, 0.5) is 5.69 Å². The number of nitro groups is 1. The van der Waals surface area contributed by atoms with Crippen LogP contribution < -0.4 is 14.6 Å². The average molecular weight is 261 g/mol. The second kappa shape index (κ2) is 4.88. The van der Waals surface area contributed by atoms with Gasteiger partial charge in [0, 0.05) is 6.07 Å². The van der Waals surface area contributed by atoms with E-state index in [0.717, 1.165) is 13.2 Å². The summed E-state index contributed by atoms with van der Waals surface area (Å²) in [5.74, 6) is -2.38. The Morgan fingerprint density at radius 2 is 1.88 bits per heavy atom. The Morgan fingerprint density at radius 1 is 1.35 bits per heavy atom. The molecule has 1 aromatic rings. The highest BCUT2D eigenvalue weighted by Crippen LogP contribution is 2.41. The number of hydrogen-bond donors (Lipinski definition) is 0. The van der Waals surface area contributed by atoms with Gasteiger partial charge < -0.3 is 19.4 Å². The summed E-state index contributed by atoms with van der Waals surface area (Å²) >= 11 is 5.68. The summed E-state index contributed by atoms with van der Waals surface area (Å²) in [7, 11) is 2.28. The molecule has 0 aliphatic heterocycles. The molecule has 0 N–H and O–H groups in total. The molecule has 0 aliphatic carbocycles. The zero-order chi connectivity index (χ0) is 13.2. The quantitative estimate of drug-likeness (QED) is 0.581. The summed E-state index contributed by atoms with van der Waals surface area (Å²) in [6.45, 7) is 0. The van der Waals surface area contributed by atoms with E-state index in [9.17, 15) is 20.0 Å². The lowest BCUT2D eigenvalue weighted by Crippen LogP contribution is -2.24. The van der Waals surface area contributed by atoms with E-state index in [-0.39, 0.29) is 10.8 Å². The summed E-state index contributed by atoms with van der Waals surface area (Å²) in [6, 6.07) is 0.950. The minimum Gasteiger partial charge on any atom is -0.545 e. The molecule has 92 valence electrons. The van der Waals surface area contributed by atoms with Gasteiger partial charge in [-0.25, -0.2) is 0 Å². The third-order valence-corrected chi connectivity index (χ3v) is 2.26. The maximum Gasteiger partial charge on any atom is 0.313 e. The molecule has 7 nitrogen and oxygen atoms in total. The monoisotopic (exact) mass is 260 g/mol. The van der Waals surface area contributed by atoms with Gasteiger partial charge >= 0.3 is 5.69 Å². The average Bonchev–Trinajstić information content (AvgIpc) is 2.26. The van der Waals surface area contributed by atoms with Crippen molar-refractivity contribution in [2.24, 2.45) is 0 Å². The number of hydrogen-bond acceptors (Lipinski definition) is 6. The number of methoxy groups -OCH3 is 2. The summed E-state index contributed by atoms with van der Waals surface area (Å²) in [5, 5.41) is 21.4. The Bertz CT molecular complexity index is 487. The number of aromatic carboxylic acids is 1. The van der Waals surface area contributed by atoms with Gasteiger partial charge in [-0.2, -0.15) is 0 Å². The minimum atomic E-state index is -1.68. The van der Waals surface area contributed by atoms with Crippen LogP contribution in [0.2, 0.25) is 5.02 Å². The van der Waals surface area contributed by atoms with E-state index < -0.39 is 27.9 Å². The van der Waals surface area contributed by atoms with Gasteiger partial charge in [-0.3, -0.25) is 10.1 Å². The molecule has 0 saturated heterocycles. The Morgan fingerprint density at radius 3 is 2.24 bits per heavy atom. The van der Waals surface area contributed by atoms with Gasteiger partial charge in [0.25, 0.3) is 0 Å². The summed E-state index contributed by atoms with van der Waals surface area (Å²) in [5.41, 5.74) is -1.16. The van der Waals surface area contributed by atoms with E-state index in [1.165, 1.54) is 7.11 Å². The number of carboxylic acids is 1. The van der Waals surface area contributed by atoms with Crippen molar-refractivity contribution in [1.82, 2.24) is 0 Å². The predicted molar refractivity (Wildman–Crippen MR) is 55.5 cm³/mol. The van der Waals surface area contributed by atoms with Crippen LogP contribution in [0.1, 0.15) is 10.4 Å². The number of ether oxygens (including phenoxy) is 2. The molecule has 0 bridgehead atoms. The van der Waals surface area contributed by atoms with Crippen molar-refractivity contribution in [2.45, 2.75) is 0 Å². The van der Waals surface area contributed by atoms with E-state index in [4.69, 9.17) is 21.1 Å². The molecule has 0 amide bonds. The molecule has 0 spiro atoms. The van der Waals surface area contributed by atoms with Crippen molar-refractivity contribution in [3.8, 4) is 11.5 Å². The van der Waals surface area contributed by atoms with Crippen molar-refractivity contribution >= 4 is 23.3 Å². The van der Waals surface area contributed by atoms with Crippen molar-refractivity contribution in [3.05, 3.63) is 26.8 Å². The number of carboxylic acid groups (broad SMARTS) is 1. The summed E-state index contributed by atoms with van der Waals surface area (Å²) in [4.78, 5) is 20.8. The standard InChI is InChI=1S/C9H8ClNO6/c1-16-7-4(10)3-5(11(14)15)8(17-2)6(7)9(12)13/h3H,1-2H3,(H,12,13)/p-1. The van der Waals surface area contributed by atoms with Crippen LogP contribution in [0.15, 0.2) is 6.07 Å². The molecule has 0 aliphatic rings. The predicted octanol–water partition coefficient (Wildman–Crippen LogP) is 0.629. The first-order valence-corrected chi connectivity index (χ1v) is 4.62. The zero-order valence-corrected chi connectivity index (χ0v) is 9.61. The second-order valence-electron chi connectivity index (χ2n) is 2.86. The molecule has 8 heteroatoms. The van der Waals surface area contributed by atoms with Crippen LogP contribution in [0.25, 0.3) is 0 Å². The summed E-state index contributed by atoms with van der Waals surface area (Å²) in [6.07, 6.45) is 0. The third kappa shape index (κ3) is 2.23. The lowest BCUT2D eigenvalue weighted by Gasteiger charge is -2.14. The second-order valence-corrected chi connectivity index (χ2v) is 3.27. The van der Waals surface area contributed by atoms with Gasteiger partial charge in [-0.15, -0.1) is 0 Å². The highest BCUT2D eigenvalue weighted by atomic mass is 35.5. The van der Waals surface area contributed by atoms with Crippen LogP contribution in [0.5, 0.6) is 11.5 Å². The van der Waals surface area contributed by atoms with E-state index in [0.29, 0.717) is 0 Å². The number of halogens is 1. The molecule has 0 radical (unpaired) electrons. The Kier molecular flexibility index (Phi) is 3.74. The summed E-state index contributed by atoms with van der Waals surface area (Å²) < 4.78 is 9.45. The molecule has 1 rings (SSSR count). The lowest BCUT2D eigenvalue weighted by atomic mass is 10.1. The van der Waals surface area contributed by atoms with Crippen molar-refractivity contribution in [3.63, 3.8) is 0 Å². The third-order valence-electron chi connectivity index (χ3n) is 1.98. The van der Waals surface area contributed by atoms with Gasteiger partial charge in [0.1, 0.15) is 0 Å². The SMILES string of the molecule is COc1c(Cl)cc([N+](=O)[O-])c(OC)c1C(=O)[O-]. The van der Waals surface area contributed by atoms with E-state index in [1.54, 1.807) is 0 Å². The number of carbonyl (C=O) groups excluding carboxylic acids is 1. The molecule has 0 aromatic heterocycles. The fraction of sp³-hybridized carbons (Fsp3) is 0.222. The van der Waals surface area contributed by atoms with Crippen LogP contribution in [-0.4, -0.2) is 25.1 Å². The fourth-order valence-corrected chi connectivity index (χ4v) is 1.60.